The van der Waals surface area contributed by atoms with Crippen LogP contribution in [0, 0.1) is 0 Å². The summed E-state index contributed by atoms with van der Waals surface area (Å²) >= 11 is 6.40. The van der Waals surface area contributed by atoms with Crippen molar-refractivity contribution in [3.8, 4) is 0 Å². The van der Waals surface area contributed by atoms with Gasteiger partial charge in [-0.25, -0.2) is 4.79 Å². The molecule has 9 heteroatoms. The van der Waals surface area contributed by atoms with Crippen molar-refractivity contribution < 1.29 is 19.1 Å². The largest absolute Gasteiger partial charge is 0.453 e. The summed E-state index contributed by atoms with van der Waals surface area (Å²) in [5.74, 6) is 0.0560. The number of hydrogen-bond acceptors (Lipinski definition) is 5. The number of carbonyl (C=O) groups excluding carboxylic acids is 2. The molecule has 30 heavy (non-hydrogen) atoms. The van der Waals surface area contributed by atoms with Crippen LogP contribution >= 0.6 is 11.6 Å². The first-order valence-corrected chi connectivity index (χ1v) is 10.7. The fourth-order valence-electron chi connectivity index (χ4n) is 3.81. The van der Waals surface area contributed by atoms with Gasteiger partial charge in [0.15, 0.2) is 0 Å². The highest BCUT2D eigenvalue weighted by molar-refractivity contribution is 6.35. The van der Waals surface area contributed by atoms with E-state index in [4.69, 9.17) is 16.3 Å². The number of halogens is 1. The van der Waals surface area contributed by atoms with E-state index in [0.29, 0.717) is 43.9 Å². The molecule has 2 aromatic rings. The first-order valence-electron chi connectivity index (χ1n) is 10.3. The third-order valence-electron chi connectivity index (χ3n) is 5.53. The van der Waals surface area contributed by atoms with E-state index in [9.17, 15) is 9.59 Å². The summed E-state index contributed by atoms with van der Waals surface area (Å²) in [7, 11) is 1.34. The molecule has 1 aliphatic carbocycles. The summed E-state index contributed by atoms with van der Waals surface area (Å²) < 4.78 is 12.3. The van der Waals surface area contributed by atoms with E-state index >= 15 is 0 Å². The number of fused-ring (bicyclic) bond motifs is 1. The summed E-state index contributed by atoms with van der Waals surface area (Å²) in [5.41, 5.74) is 2.02. The number of benzene rings is 1. The van der Waals surface area contributed by atoms with Crippen LogP contribution in [0.1, 0.15) is 18.4 Å². The molecule has 1 aromatic heterocycles. The normalized spacial score (nSPS) is 18.9. The standard InChI is InChI=1S/C21H27ClN4O4/c1-29-21(28)24-6-8-25-13-17(22)16-5-2-14(10-18(16)25)12-26(15-3-4-15)20(27)19-11-23-7-9-30-19/h2,5,10,13,15,19,23H,3-4,6-9,11-12H2,1H3,(H,24,28). The topological polar surface area (TPSA) is 84.8 Å². The molecule has 8 nitrogen and oxygen atoms in total. The lowest BCUT2D eigenvalue weighted by molar-refractivity contribution is -0.146. The lowest BCUT2D eigenvalue weighted by atomic mass is 10.1. The van der Waals surface area contributed by atoms with Crippen LogP contribution in [-0.4, -0.2) is 67.0 Å². The quantitative estimate of drug-likeness (QED) is 0.697. The molecular formula is C21H27ClN4O4. The molecular weight excluding hydrogens is 408 g/mol. The lowest BCUT2D eigenvalue weighted by Crippen LogP contribution is -2.49. The van der Waals surface area contributed by atoms with Crippen molar-refractivity contribution in [3.05, 3.63) is 35.0 Å². The maximum atomic E-state index is 13.0. The second-order valence-electron chi connectivity index (χ2n) is 7.70. The van der Waals surface area contributed by atoms with Crippen LogP contribution in [-0.2, 0) is 27.4 Å². The number of rotatable bonds is 7. The minimum atomic E-state index is -0.462. The zero-order chi connectivity index (χ0) is 21.1. The molecule has 1 unspecified atom stereocenters. The molecule has 1 aromatic carbocycles. The molecule has 0 radical (unpaired) electrons. The van der Waals surface area contributed by atoms with Gasteiger partial charge in [-0.3, -0.25) is 4.79 Å². The van der Waals surface area contributed by atoms with Crippen molar-refractivity contribution in [1.29, 1.82) is 0 Å². The number of hydrogen-bond donors (Lipinski definition) is 2. The number of carbonyl (C=O) groups is 2. The van der Waals surface area contributed by atoms with Crippen molar-refractivity contribution in [2.75, 3.05) is 33.4 Å². The van der Waals surface area contributed by atoms with Gasteiger partial charge in [-0.15, -0.1) is 0 Å². The molecule has 1 aliphatic heterocycles. The van der Waals surface area contributed by atoms with Gasteiger partial charge in [0.05, 0.1) is 18.7 Å². The van der Waals surface area contributed by atoms with Gasteiger partial charge in [-0.2, -0.15) is 0 Å². The van der Waals surface area contributed by atoms with Gasteiger partial charge in [-0.05, 0) is 24.5 Å². The van der Waals surface area contributed by atoms with Gasteiger partial charge in [0.25, 0.3) is 5.91 Å². The first kappa shape index (κ1) is 21.0. The Balaban J connectivity index is 1.50. The predicted octanol–water partition coefficient (Wildman–Crippen LogP) is 2.13. The van der Waals surface area contributed by atoms with Crippen molar-refractivity contribution >= 4 is 34.5 Å². The SMILES string of the molecule is COC(=O)NCCn1cc(Cl)c2ccc(CN(C(=O)C3CNCCO3)C3CC3)cc21. The Morgan fingerprint density at radius 3 is 2.93 bits per heavy atom. The molecule has 162 valence electrons. The number of alkyl carbamates (subject to hydrolysis) is 1. The van der Waals surface area contributed by atoms with Gasteiger partial charge in [-0.1, -0.05) is 23.7 Å². The molecule has 2 heterocycles. The zero-order valence-electron chi connectivity index (χ0n) is 17.0. The van der Waals surface area contributed by atoms with Crippen LogP contribution in [0.5, 0.6) is 0 Å². The van der Waals surface area contributed by atoms with E-state index in [1.54, 1.807) is 0 Å². The van der Waals surface area contributed by atoms with E-state index in [1.165, 1.54) is 7.11 Å². The minimum absolute atomic E-state index is 0.0560. The van der Waals surface area contributed by atoms with Crippen molar-refractivity contribution in [3.63, 3.8) is 0 Å². The average molecular weight is 435 g/mol. The predicted molar refractivity (Wildman–Crippen MR) is 114 cm³/mol. The molecule has 2 aliphatic rings. The fourth-order valence-corrected chi connectivity index (χ4v) is 4.08. The highest BCUT2D eigenvalue weighted by Gasteiger charge is 2.36. The molecule has 4 rings (SSSR count). The molecule has 1 saturated heterocycles. The fraction of sp³-hybridized carbons (Fsp3) is 0.524. The number of morpholine rings is 1. The maximum Gasteiger partial charge on any atom is 0.406 e. The van der Waals surface area contributed by atoms with E-state index in [-0.39, 0.29) is 5.91 Å². The Morgan fingerprint density at radius 2 is 2.23 bits per heavy atom. The van der Waals surface area contributed by atoms with Gasteiger partial charge < -0.3 is 29.6 Å². The Morgan fingerprint density at radius 1 is 1.40 bits per heavy atom. The molecule has 2 fully saturated rings. The zero-order valence-corrected chi connectivity index (χ0v) is 17.8. The highest BCUT2D eigenvalue weighted by Crippen LogP contribution is 2.31. The second kappa shape index (κ2) is 9.24. The first-order chi connectivity index (χ1) is 14.6. The van der Waals surface area contributed by atoms with Crippen LogP contribution in [0.25, 0.3) is 10.9 Å². The molecule has 1 atom stereocenters. The van der Waals surface area contributed by atoms with Gasteiger partial charge >= 0.3 is 6.09 Å². The Kier molecular flexibility index (Phi) is 6.46. The molecule has 0 spiro atoms. The van der Waals surface area contributed by atoms with Crippen LogP contribution in [0.15, 0.2) is 24.4 Å². The van der Waals surface area contributed by atoms with Crippen molar-refractivity contribution in [2.24, 2.45) is 0 Å². The Bertz CT molecular complexity index is 921. The van der Waals surface area contributed by atoms with Crippen LogP contribution in [0.4, 0.5) is 4.79 Å². The summed E-state index contributed by atoms with van der Waals surface area (Å²) in [4.78, 5) is 26.3. The number of nitrogens with one attached hydrogen (secondary N) is 2. The molecule has 2 N–H and O–H groups in total. The average Bonchev–Trinajstić information content (AvgIpc) is 3.57. The van der Waals surface area contributed by atoms with Gasteiger partial charge in [0, 0.05) is 55.9 Å². The number of aromatic nitrogens is 1. The smallest absolute Gasteiger partial charge is 0.406 e. The summed E-state index contributed by atoms with van der Waals surface area (Å²) in [5, 5.41) is 7.51. The van der Waals surface area contributed by atoms with Gasteiger partial charge in [0.1, 0.15) is 6.10 Å². The summed E-state index contributed by atoms with van der Waals surface area (Å²) in [6.07, 6.45) is 3.06. The number of amides is 2. The Hall–Kier alpha value is -2.29. The second-order valence-corrected chi connectivity index (χ2v) is 8.11. The van der Waals surface area contributed by atoms with Crippen molar-refractivity contribution in [1.82, 2.24) is 20.1 Å². The monoisotopic (exact) mass is 434 g/mol. The van der Waals surface area contributed by atoms with E-state index in [1.807, 2.05) is 27.8 Å². The van der Waals surface area contributed by atoms with Crippen LogP contribution in [0.2, 0.25) is 5.02 Å². The van der Waals surface area contributed by atoms with Crippen LogP contribution in [0.3, 0.4) is 0 Å². The van der Waals surface area contributed by atoms with E-state index in [0.717, 1.165) is 35.9 Å². The number of nitrogens with zero attached hydrogens (tertiary/aromatic N) is 2. The number of methoxy groups -OCH3 is 1. The third-order valence-corrected chi connectivity index (χ3v) is 5.83. The number of ether oxygens (including phenoxy) is 2. The van der Waals surface area contributed by atoms with Crippen molar-refractivity contribution in [2.45, 2.75) is 38.1 Å². The van der Waals surface area contributed by atoms with E-state index in [2.05, 4.69) is 21.4 Å². The van der Waals surface area contributed by atoms with E-state index < -0.39 is 12.2 Å². The molecule has 1 saturated carbocycles. The Labute approximate surface area is 180 Å². The highest BCUT2D eigenvalue weighted by atomic mass is 35.5. The molecule has 2 amide bonds. The molecule has 0 bridgehead atoms. The maximum absolute atomic E-state index is 13.0. The minimum Gasteiger partial charge on any atom is -0.453 e. The van der Waals surface area contributed by atoms with Crippen LogP contribution < -0.4 is 10.6 Å². The van der Waals surface area contributed by atoms with Gasteiger partial charge in [0.2, 0.25) is 0 Å². The third kappa shape index (κ3) is 4.71. The summed E-state index contributed by atoms with van der Waals surface area (Å²) in [6.45, 7) is 3.44. The summed E-state index contributed by atoms with van der Waals surface area (Å²) in [6, 6.07) is 6.37. The lowest BCUT2D eigenvalue weighted by Gasteiger charge is -2.30.